The summed E-state index contributed by atoms with van der Waals surface area (Å²) in [5.41, 5.74) is 0.0297. The summed E-state index contributed by atoms with van der Waals surface area (Å²) in [6.45, 7) is 11.5. The van der Waals surface area contributed by atoms with E-state index in [9.17, 15) is 10.2 Å². The van der Waals surface area contributed by atoms with Crippen molar-refractivity contribution in [2.75, 3.05) is 0 Å². The molecule has 0 aromatic carbocycles. The van der Waals surface area contributed by atoms with Crippen molar-refractivity contribution in [3.8, 4) is 0 Å². The number of hydrogen-bond acceptors (Lipinski definition) is 2. The molecule has 4 radical (unpaired) electrons. The lowest BCUT2D eigenvalue weighted by Crippen LogP contribution is -2.52. The lowest BCUT2D eigenvalue weighted by atomic mass is 9.45. The molecule has 3 fully saturated rings. The molecule has 0 heterocycles. The summed E-state index contributed by atoms with van der Waals surface area (Å²) in [7, 11) is 12.3. The Morgan fingerprint density at radius 1 is 1.10 bits per heavy atom. The maximum atomic E-state index is 10.6. The number of fused-ring (bicyclic) bond motifs is 5. The van der Waals surface area contributed by atoms with Gasteiger partial charge in [-0.3, -0.25) is 0 Å². The van der Waals surface area contributed by atoms with Gasteiger partial charge >= 0.3 is 0 Å². The molecule has 170 valence electrons. The predicted octanol–water partition coefficient (Wildman–Crippen LogP) is 5.35. The fourth-order valence-corrected chi connectivity index (χ4v) is 8.60. The smallest absolute Gasteiger partial charge is 0.113 e. The summed E-state index contributed by atoms with van der Waals surface area (Å²) in [6.07, 6.45) is 13.1. The molecule has 2 N–H and O–H groups in total. The summed E-state index contributed by atoms with van der Waals surface area (Å²) in [4.78, 5) is 0. The van der Waals surface area contributed by atoms with E-state index in [-0.39, 0.29) is 11.3 Å². The highest BCUT2D eigenvalue weighted by Crippen LogP contribution is 2.67. The fraction of sp³-hybridized carbons (Fsp3) is 0.926. The molecule has 2 nitrogen and oxygen atoms in total. The average Bonchev–Trinajstić information content (AvgIpc) is 3.04. The molecule has 0 spiro atoms. The Balaban J connectivity index is 1.49. The minimum absolute atomic E-state index is 0.0905. The molecule has 0 saturated heterocycles. The van der Waals surface area contributed by atoms with Crippen molar-refractivity contribution in [3.63, 3.8) is 0 Å². The van der Waals surface area contributed by atoms with Crippen LogP contribution in [0, 0.1) is 46.3 Å². The fourth-order valence-electron chi connectivity index (χ4n) is 8.60. The van der Waals surface area contributed by atoms with Crippen molar-refractivity contribution in [1.29, 1.82) is 0 Å². The topological polar surface area (TPSA) is 40.5 Å². The van der Waals surface area contributed by atoms with Gasteiger partial charge in [-0.2, -0.15) is 0 Å². The van der Waals surface area contributed by atoms with Gasteiger partial charge in [0.25, 0.3) is 0 Å². The summed E-state index contributed by atoms with van der Waals surface area (Å²) >= 11 is 0. The van der Waals surface area contributed by atoms with Crippen LogP contribution in [0.1, 0.15) is 98.8 Å². The third-order valence-electron chi connectivity index (χ3n) is 11.0. The van der Waals surface area contributed by atoms with E-state index in [1.165, 1.54) is 37.7 Å². The zero-order valence-corrected chi connectivity index (χ0v) is 20.7. The molecule has 0 amide bonds. The highest BCUT2D eigenvalue weighted by atomic mass is 16.3. The Hall–Kier alpha value is -0.210. The van der Waals surface area contributed by atoms with Crippen molar-refractivity contribution in [1.82, 2.24) is 0 Å². The van der Waals surface area contributed by atoms with E-state index >= 15 is 0 Å². The van der Waals surface area contributed by atoms with Crippen LogP contribution in [0.15, 0.2) is 11.6 Å². The van der Waals surface area contributed by atoms with E-state index in [0.29, 0.717) is 24.2 Å². The van der Waals surface area contributed by atoms with Gasteiger partial charge in [0.05, 0.1) is 0 Å². The van der Waals surface area contributed by atoms with Crippen LogP contribution in [0.2, 0.25) is 0 Å². The quantitative estimate of drug-likeness (QED) is 0.463. The lowest BCUT2D eigenvalue weighted by molar-refractivity contribution is -0.0621. The van der Waals surface area contributed by atoms with Gasteiger partial charge in [0.2, 0.25) is 0 Å². The standard InChI is InChI=1S/C27H44B2O2/c1-17(2)27(29,31)13-10-18(3)21-8-9-22-20-7-6-19-16-26(28,30)15-14-24(19,4)23(20)11-12-25(21,22)5/h6,17-18,20-23,30-31H,7-16H2,1-5H3/t18-,20+,21-,22+,23+,24+,25-,26-,27?/m1/s1. The monoisotopic (exact) mass is 422 g/mol. The van der Waals surface area contributed by atoms with Gasteiger partial charge in [-0.1, -0.05) is 46.3 Å². The van der Waals surface area contributed by atoms with Crippen LogP contribution in [-0.2, 0) is 0 Å². The Labute approximate surface area is 193 Å². The Kier molecular flexibility index (Phi) is 6.12. The summed E-state index contributed by atoms with van der Waals surface area (Å²) in [6, 6.07) is 0. The van der Waals surface area contributed by atoms with Gasteiger partial charge in [-0.25, -0.2) is 0 Å². The van der Waals surface area contributed by atoms with Crippen molar-refractivity contribution in [3.05, 3.63) is 11.6 Å². The second-order valence-electron chi connectivity index (χ2n) is 12.9. The molecule has 0 aromatic rings. The van der Waals surface area contributed by atoms with E-state index < -0.39 is 11.0 Å². The Morgan fingerprint density at radius 2 is 1.81 bits per heavy atom. The summed E-state index contributed by atoms with van der Waals surface area (Å²) in [5, 5.41) is 21.0. The van der Waals surface area contributed by atoms with Crippen molar-refractivity contribution < 1.29 is 10.2 Å². The summed E-state index contributed by atoms with van der Waals surface area (Å²) in [5.74, 6) is 3.75. The molecule has 1 unspecified atom stereocenters. The first-order valence-corrected chi connectivity index (χ1v) is 13.0. The maximum Gasteiger partial charge on any atom is 0.113 e. The second-order valence-corrected chi connectivity index (χ2v) is 12.9. The Morgan fingerprint density at radius 3 is 2.48 bits per heavy atom. The number of allylic oxidation sites excluding steroid dienone is 1. The van der Waals surface area contributed by atoms with Gasteiger partial charge in [0.15, 0.2) is 0 Å². The van der Waals surface area contributed by atoms with Gasteiger partial charge in [0, 0.05) is 11.0 Å². The number of rotatable bonds is 5. The van der Waals surface area contributed by atoms with Crippen molar-refractivity contribution >= 4 is 15.7 Å². The zero-order chi connectivity index (χ0) is 22.8. The van der Waals surface area contributed by atoms with Crippen LogP contribution < -0.4 is 0 Å². The zero-order valence-electron chi connectivity index (χ0n) is 20.7. The molecule has 31 heavy (non-hydrogen) atoms. The van der Waals surface area contributed by atoms with Crippen molar-refractivity contribution in [2.24, 2.45) is 46.3 Å². The van der Waals surface area contributed by atoms with Crippen LogP contribution in [0.25, 0.3) is 0 Å². The minimum atomic E-state index is -1.05. The Bertz CT molecular complexity index is 714. The predicted molar refractivity (Wildman–Crippen MR) is 130 cm³/mol. The molecule has 0 aromatic heterocycles. The highest BCUT2D eigenvalue weighted by Gasteiger charge is 2.59. The van der Waals surface area contributed by atoms with Crippen LogP contribution >= 0.6 is 0 Å². The molecular formula is C27H44B2O2. The first kappa shape index (κ1) is 23.9. The molecule has 4 aliphatic rings. The molecule has 0 bridgehead atoms. The van der Waals surface area contributed by atoms with Gasteiger partial charge in [0.1, 0.15) is 15.7 Å². The second kappa shape index (κ2) is 7.93. The van der Waals surface area contributed by atoms with Gasteiger partial charge < -0.3 is 10.2 Å². The third kappa shape index (κ3) is 4.01. The number of hydrogen-bond donors (Lipinski definition) is 2. The molecule has 3 saturated carbocycles. The molecule has 4 rings (SSSR count). The molecule has 9 atom stereocenters. The largest absolute Gasteiger partial charge is 0.400 e. The van der Waals surface area contributed by atoms with E-state index in [2.05, 4.69) is 26.8 Å². The van der Waals surface area contributed by atoms with Gasteiger partial charge in [-0.05, 0) is 111 Å². The molecule has 0 aliphatic heterocycles. The lowest BCUT2D eigenvalue weighted by Gasteiger charge is -2.59. The number of aliphatic hydroxyl groups is 2. The van der Waals surface area contributed by atoms with E-state index in [1.807, 2.05) is 13.8 Å². The first-order valence-electron chi connectivity index (χ1n) is 13.0. The minimum Gasteiger partial charge on any atom is -0.400 e. The molecule has 4 aliphatic carbocycles. The summed E-state index contributed by atoms with van der Waals surface area (Å²) < 4.78 is 0. The van der Waals surface area contributed by atoms with E-state index in [1.54, 1.807) is 0 Å². The first-order chi connectivity index (χ1) is 14.3. The van der Waals surface area contributed by atoms with E-state index in [4.69, 9.17) is 15.7 Å². The van der Waals surface area contributed by atoms with Crippen LogP contribution in [0.3, 0.4) is 0 Å². The molecular weight excluding hydrogens is 378 g/mol. The van der Waals surface area contributed by atoms with Crippen LogP contribution in [0.4, 0.5) is 0 Å². The van der Waals surface area contributed by atoms with Crippen LogP contribution in [0.5, 0.6) is 0 Å². The van der Waals surface area contributed by atoms with Crippen molar-refractivity contribution in [2.45, 2.75) is 110 Å². The maximum absolute atomic E-state index is 10.6. The van der Waals surface area contributed by atoms with Gasteiger partial charge in [-0.15, -0.1) is 0 Å². The SMILES string of the molecule is [B]C(O)(CC[C@@H](C)[C@H]1CC[C@H]2[C@@H]3CC=C4C[C@]([B])(O)CC[C@]4(C)[C@H]3CC[C@]12C)C(C)C. The van der Waals surface area contributed by atoms with E-state index in [0.717, 1.165) is 42.9 Å². The van der Waals surface area contributed by atoms with Crippen LogP contribution in [-0.4, -0.2) is 36.9 Å². The third-order valence-corrected chi connectivity index (χ3v) is 11.0. The highest BCUT2D eigenvalue weighted by molar-refractivity contribution is 6.14. The molecule has 4 heteroatoms. The normalized spacial score (nSPS) is 47.7. The average molecular weight is 422 g/mol.